The van der Waals surface area contributed by atoms with E-state index in [2.05, 4.69) is 4.98 Å². The summed E-state index contributed by atoms with van der Waals surface area (Å²) >= 11 is 13.7. The minimum absolute atomic E-state index is 0.0401. The summed E-state index contributed by atoms with van der Waals surface area (Å²) in [5.74, 6) is 0.0401. The number of rotatable bonds is 9. The zero-order valence-corrected chi connectivity index (χ0v) is 18.2. The lowest BCUT2D eigenvalue weighted by atomic mass is 10.2. The first kappa shape index (κ1) is 21.5. The smallest absolute Gasteiger partial charge is 0.228 e. The summed E-state index contributed by atoms with van der Waals surface area (Å²) in [4.78, 5) is 19.3. The van der Waals surface area contributed by atoms with E-state index in [4.69, 9.17) is 32.7 Å². The van der Waals surface area contributed by atoms with Crippen molar-refractivity contribution < 1.29 is 14.3 Å². The first-order valence-electron chi connectivity index (χ1n) is 9.49. The van der Waals surface area contributed by atoms with Crippen LogP contribution in [0.2, 0.25) is 10.0 Å². The quantitative estimate of drug-likeness (QED) is 0.484. The molecule has 1 aromatic carbocycles. The van der Waals surface area contributed by atoms with Gasteiger partial charge in [0.1, 0.15) is 0 Å². The standard InChI is InChI=1S/C20H24Cl2N2O3S/c1-2-26-9-4-6-19(25)24(12-15-5-3-10-27-15)20-23-18(13-28-20)16-8-7-14(21)11-17(16)22/h7-8,11,13,15H,2-6,9-10,12H2,1H3. The van der Waals surface area contributed by atoms with Crippen LogP contribution in [-0.2, 0) is 14.3 Å². The zero-order valence-electron chi connectivity index (χ0n) is 15.8. The molecule has 2 aromatic rings. The van der Waals surface area contributed by atoms with E-state index in [0.29, 0.717) is 47.8 Å². The average molecular weight is 443 g/mol. The second-order valence-electron chi connectivity index (χ2n) is 6.58. The number of thiazole rings is 1. The Balaban J connectivity index is 1.77. The largest absolute Gasteiger partial charge is 0.382 e. The van der Waals surface area contributed by atoms with Crippen LogP contribution in [0.5, 0.6) is 0 Å². The van der Waals surface area contributed by atoms with Crippen molar-refractivity contribution in [2.24, 2.45) is 0 Å². The fourth-order valence-electron chi connectivity index (χ4n) is 3.09. The Morgan fingerprint density at radius 2 is 2.29 bits per heavy atom. The Morgan fingerprint density at radius 3 is 3.00 bits per heavy atom. The van der Waals surface area contributed by atoms with Crippen molar-refractivity contribution in [1.82, 2.24) is 4.98 Å². The van der Waals surface area contributed by atoms with Crippen LogP contribution >= 0.6 is 34.5 Å². The van der Waals surface area contributed by atoms with Crippen LogP contribution in [0.25, 0.3) is 11.3 Å². The molecule has 28 heavy (non-hydrogen) atoms. The molecule has 3 rings (SSSR count). The summed E-state index contributed by atoms with van der Waals surface area (Å²) in [6, 6.07) is 5.32. The van der Waals surface area contributed by atoms with E-state index in [-0.39, 0.29) is 12.0 Å². The predicted molar refractivity (Wildman–Crippen MR) is 115 cm³/mol. The molecule has 0 spiro atoms. The lowest BCUT2D eigenvalue weighted by Gasteiger charge is -2.23. The van der Waals surface area contributed by atoms with Crippen LogP contribution in [0.3, 0.4) is 0 Å². The lowest BCUT2D eigenvalue weighted by Crippen LogP contribution is -2.37. The van der Waals surface area contributed by atoms with E-state index in [1.54, 1.807) is 17.0 Å². The molecule has 0 N–H and O–H groups in total. The van der Waals surface area contributed by atoms with Gasteiger partial charge in [0, 0.05) is 42.2 Å². The SMILES string of the molecule is CCOCCCC(=O)N(CC1CCCO1)c1nc(-c2ccc(Cl)cc2Cl)cs1. The topological polar surface area (TPSA) is 51.7 Å². The first-order chi connectivity index (χ1) is 13.6. The van der Waals surface area contributed by atoms with Gasteiger partial charge in [-0.05, 0) is 44.4 Å². The van der Waals surface area contributed by atoms with Crippen LogP contribution in [0, 0.1) is 0 Å². The Hall–Kier alpha value is -1.18. The molecule has 2 heterocycles. The number of hydrogen-bond donors (Lipinski definition) is 0. The van der Waals surface area contributed by atoms with Crippen molar-refractivity contribution in [2.75, 3.05) is 31.3 Å². The zero-order chi connectivity index (χ0) is 19.9. The number of hydrogen-bond acceptors (Lipinski definition) is 5. The van der Waals surface area contributed by atoms with E-state index in [1.165, 1.54) is 11.3 Å². The van der Waals surface area contributed by atoms with E-state index in [1.807, 2.05) is 18.4 Å². The van der Waals surface area contributed by atoms with Gasteiger partial charge in [0.15, 0.2) is 5.13 Å². The normalized spacial score (nSPS) is 16.5. The summed E-state index contributed by atoms with van der Waals surface area (Å²) in [5.41, 5.74) is 1.54. The molecular formula is C20H24Cl2N2O3S. The van der Waals surface area contributed by atoms with Crippen molar-refractivity contribution in [1.29, 1.82) is 0 Å². The monoisotopic (exact) mass is 442 g/mol. The number of halogens is 2. The van der Waals surface area contributed by atoms with Crippen molar-refractivity contribution in [3.63, 3.8) is 0 Å². The Bertz CT molecular complexity index is 794. The highest BCUT2D eigenvalue weighted by molar-refractivity contribution is 7.14. The fraction of sp³-hybridized carbons (Fsp3) is 0.500. The summed E-state index contributed by atoms with van der Waals surface area (Å²) in [6.07, 6.45) is 3.16. The molecule has 1 aromatic heterocycles. The van der Waals surface area contributed by atoms with Gasteiger partial charge >= 0.3 is 0 Å². The number of amides is 1. The van der Waals surface area contributed by atoms with Gasteiger partial charge in [-0.2, -0.15) is 0 Å². The molecule has 8 heteroatoms. The number of nitrogens with zero attached hydrogens (tertiary/aromatic N) is 2. The predicted octanol–water partition coefficient (Wildman–Crippen LogP) is 5.45. The molecule has 1 atom stereocenters. The molecule has 1 saturated heterocycles. The molecule has 5 nitrogen and oxygen atoms in total. The van der Waals surface area contributed by atoms with Crippen LogP contribution in [0.4, 0.5) is 5.13 Å². The molecule has 0 aliphatic carbocycles. The third kappa shape index (κ3) is 5.67. The number of ether oxygens (including phenoxy) is 2. The van der Waals surface area contributed by atoms with Crippen molar-refractivity contribution >= 4 is 45.6 Å². The van der Waals surface area contributed by atoms with Gasteiger partial charge in [-0.15, -0.1) is 11.3 Å². The highest BCUT2D eigenvalue weighted by atomic mass is 35.5. The molecule has 1 aliphatic rings. The molecule has 0 saturated carbocycles. The highest BCUT2D eigenvalue weighted by Gasteiger charge is 2.26. The van der Waals surface area contributed by atoms with Gasteiger partial charge in [0.05, 0.1) is 23.4 Å². The van der Waals surface area contributed by atoms with Crippen molar-refractivity contribution in [3.05, 3.63) is 33.6 Å². The summed E-state index contributed by atoms with van der Waals surface area (Å²) < 4.78 is 11.1. The summed E-state index contributed by atoms with van der Waals surface area (Å²) in [7, 11) is 0. The number of anilines is 1. The molecule has 1 aliphatic heterocycles. The van der Waals surface area contributed by atoms with Crippen LogP contribution in [0.1, 0.15) is 32.6 Å². The number of benzene rings is 1. The van der Waals surface area contributed by atoms with Gasteiger partial charge < -0.3 is 9.47 Å². The molecular weight excluding hydrogens is 419 g/mol. The van der Waals surface area contributed by atoms with Crippen LogP contribution in [-0.4, -0.2) is 43.4 Å². The van der Waals surface area contributed by atoms with Gasteiger partial charge in [-0.25, -0.2) is 4.98 Å². The summed E-state index contributed by atoms with van der Waals surface area (Å²) in [6.45, 7) is 4.46. The maximum Gasteiger partial charge on any atom is 0.228 e. The molecule has 1 unspecified atom stereocenters. The van der Waals surface area contributed by atoms with Gasteiger partial charge in [-0.1, -0.05) is 23.2 Å². The first-order valence-corrected chi connectivity index (χ1v) is 11.1. The maximum atomic E-state index is 12.9. The number of aromatic nitrogens is 1. The third-order valence-electron chi connectivity index (χ3n) is 4.52. The Labute approximate surface area is 179 Å². The molecule has 0 bridgehead atoms. The summed E-state index contributed by atoms with van der Waals surface area (Å²) in [5, 5.41) is 3.70. The minimum Gasteiger partial charge on any atom is -0.382 e. The highest BCUT2D eigenvalue weighted by Crippen LogP contribution is 2.34. The Morgan fingerprint density at radius 1 is 1.43 bits per heavy atom. The van der Waals surface area contributed by atoms with Gasteiger partial charge in [0.2, 0.25) is 5.91 Å². The third-order valence-corrected chi connectivity index (χ3v) is 5.94. The Kier molecular flexibility index (Phi) is 8.11. The number of carbonyl (C=O) groups excluding carboxylic acids is 1. The van der Waals surface area contributed by atoms with Gasteiger partial charge in [-0.3, -0.25) is 9.69 Å². The second kappa shape index (κ2) is 10.6. The van der Waals surface area contributed by atoms with E-state index >= 15 is 0 Å². The molecule has 1 fully saturated rings. The van der Waals surface area contributed by atoms with Crippen LogP contribution in [0.15, 0.2) is 23.6 Å². The average Bonchev–Trinajstić information content (AvgIpc) is 3.35. The maximum absolute atomic E-state index is 12.9. The number of carbonyl (C=O) groups is 1. The lowest BCUT2D eigenvalue weighted by molar-refractivity contribution is -0.119. The van der Waals surface area contributed by atoms with E-state index < -0.39 is 0 Å². The molecule has 152 valence electrons. The van der Waals surface area contributed by atoms with Crippen molar-refractivity contribution in [2.45, 2.75) is 38.7 Å². The van der Waals surface area contributed by atoms with Crippen LogP contribution < -0.4 is 4.90 Å². The second-order valence-corrected chi connectivity index (χ2v) is 8.26. The molecule has 0 radical (unpaired) electrons. The minimum atomic E-state index is 0.0401. The molecule has 1 amide bonds. The van der Waals surface area contributed by atoms with E-state index in [0.717, 1.165) is 30.7 Å². The van der Waals surface area contributed by atoms with E-state index in [9.17, 15) is 4.79 Å². The fourth-order valence-corrected chi connectivity index (χ4v) is 4.45. The van der Waals surface area contributed by atoms with Gasteiger partial charge in [0.25, 0.3) is 0 Å². The van der Waals surface area contributed by atoms with Crippen molar-refractivity contribution in [3.8, 4) is 11.3 Å².